The molecule has 86 valence electrons. The second-order valence-corrected chi connectivity index (χ2v) is 4.91. The molecule has 1 aromatic heterocycles. The fourth-order valence-corrected chi connectivity index (χ4v) is 2.38. The maximum atomic E-state index is 5.07. The second-order valence-electron chi connectivity index (χ2n) is 4.91. The van der Waals surface area contributed by atoms with Crippen LogP contribution < -0.4 is 10.1 Å². The van der Waals surface area contributed by atoms with E-state index in [1.807, 2.05) is 0 Å². The summed E-state index contributed by atoms with van der Waals surface area (Å²) in [6.07, 6.45) is 7.30. The summed E-state index contributed by atoms with van der Waals surface area (Å²) in [7, 11) is 1.62. The van der Waals surface area contributed by atoms with Crippen molar-refractivity contribution in [2.75, 3.05) is 19.0 Å². The van der Waals surface area contributed by atoms with Gasteiger partial charge in [-0.05, 0) is 37.0 Å². The van der Waals surface area contributed by atoms with Gasteiger partial charge in [0.15, 0.2) is 0 Å². The van der Waals surface area contributed by atoms with Crippen molar-refractivity contribution in [3.05, 3.63) is 12.3 Å². The highest BCUT2D eigenvalue weighted by molar-refractivity contribution is 5.29. The minimum absolute atomic E-state index is 0.576. The van der Waals surface area contributed by atoms with Gasteiger partial charge in [0.2, 0.25) is 11.8 Å². The Morgan fingerprint density at radius 1 is 1.50 bits per heavy atom. The number of aromatic nitrogens is 2. The van der Waals surface area contributed by atoms with Crippen molar-refractivity contribution >= 4 is 5.95 Å². The summed E-state index contributed by atoms with van der Waals surface area (Å²) in [6, 6.07) is 1.76. The lowest BCUT2D eigenvalue weighted by atomic mass is 10.0. The van der Waals surface area contributed by atoms with Crippen molar-refractivity contribution in [1.82, 2.24) is 9.97 Å². The van der Waals surface area contributed by atoms with Gasteiger partial charge in [0, 0.05) is 18.8 Å². The largest absolute Gasteiger partial charge is 0.481 e. The summed E-state index contributed by atoms with van der Waals surface area (Å²) in [5.74, 6) is 2.27. The van der Waals surface area contributed by atoms with Crippen LogP contribution in [0.5, 0.6) is 5.88 Å². The Morgan fingerprint density at radius 2 is 2.31 bits per heavy atom. The van der Waals surface area contributed by atoms with E-state index in [1.165, 1.54) is 25.7 Å². The molecule has 1 N–H and O–H groups in total. The summed E-state index contributed by atoms with van der Waals surface area (Å²) < 4.78 is 5.07. The van der Waals surface area contributed by atoms with Crippen LogP contribution in [0.15, 0.2) is 12.3 Å². The number of nitrogens with zero attached hydrogens (tertiary/aromatic N) is 2. The maximum absolute atomic E-state index is 5.07. The molecule has 0 aliphatic heterocycles. The van der Waals surface area contributed by atoms with Crippen molar-refractivity contribution in [3.63, 3.8) is 0 Å². The molecule has 2 fully saturated rings. The van der Waals surface area contributed by atoms with E-state index >= 15 is 0 Å². The monoisotopic (exact) mass is 219 g/mol. The van der Waals surface area contributed by atoms with Gasteiger partial charge < -0.3 is 10.1 Å². The van der Waals surface area contributed by atoms with E-state index in [1.54, 1.807) is 19.4 Å². The smallest absolute Gasteiger partial charge is 0.225 e. The predicted molar refractivity (Wildman–Crippen MR) is 61.5 cm³/mol. The van der Waals surface area contributed by atoms with Crippen LogP contribution in [-0.2, 0) is 0 Å². The van der Waals surface area contributed by atoms with Gasteiger partial charge in [0.05, 0.1) is 7.11 Å². The Labute approximate surface area is 95.4 Å². The SMILES string of the molecule is COc1ccnc(NCC2(C3CC3)CC2)n1. The Bertz CT molecular complexity index is 386. The van der Waals surface area contributed by atoms with E-state index in [-0.39, 0.29) is 0 Å². The Morgan fingerprint density at radius 3 is 2.94 bits per heavy atom. The zero-order valence-corrected chi connectivity index (χ0v) is 9.57. The van der Waals surface area contributed by atoms with Crippen LogP contribution in [0.1, 0.15) is 25.7 Å². The molecular formula is C12H17N3O. The van der Waals surface area contributed by atoms with Gasteiger partial charge in [-0.2, -0.15) is 4.98 Å². The molecule has 2 aliphatic rings. The lowest BCUT2D eigenvalue weighted by molar-refractivity contribution is 0.397. The van der Waals surface area contributed by atoms with Crippen molar-refractivity contribution in [1.29, 1.82) is 0 Å². The van der Waals surface area contributed by atoms with Crippen LogP contribution in [0.3, 0.4) is 0 Å². The second kappa shape index (κ2) is 3.61. The molecule has 4 nitrogen and oxygen atoms in total. The van der Waals surface area contributed by atoms with Crippen molar-refractivity contribution < 1.29 is 4.74 Å². The third-order valence-electron chi connectivity index (χ3n) is 3.77. The third-order valence-corrected chi connectivity index (χ3v) is 3.77. The topological polar surface area (TPSA) is 47.0 Å². The molecule has 0 saturated heterocycles. The Hall–Kier alpha value is -1.32. The van der Waals surface area contributed by atoms with Gasteiger partial charge in [-0.3, -0.25) is 0 Å². The number of rotatable bonds is 5. The molecule has 4 heteroatoms. The summed E-state index contributed by atoms with van der Waals surface area (Å²) in [6.45, 7) is 1.02. The molecule has 0 atom stereocenters. The molecule has 0 unspecified atom stereocenters. The van der Waals surface area contributed by atoms with Gasteiger partial charge in [-0.1, -0.05) is 0 Å². The number of nitrogens with one attached hydrogen (secondary N) is 1. The number of ether oxygens (including phenoxy) is 1. The normalized spacial score (nSPS) is 21.6. The lowest BCUT2D eigenvalue weighted by Gasteiger charge is -2.14. The number of anilines is 1. The van der Waals surface area contributed by atoms with Gasteiger partial charge in [0.1, 0.15) is 0 Å². The van der Waals surface area contributed by atoms with Crippen LogP contribution in [0.25, 0.3) is 0 Å². The summed E-state index contributed by atoms with van der Waals surface area (Å²) in [5, 5.41) is 3.34. The van der Waals surface area contributed by atoms with E-state index in [0.29, 0.717) is 17.2 Å². The summed E-state index contributed by atoms with van der Waals surface area (Å²) >= 11 is 0. The summed E-state index contributed by atoms with van der Waals surface area (Å²) in [5.41, 5.74) is 0.576. The van der Waals surface area contributed by atoms with Gasteiger partial charge in [-0.15, -0.1) is 0 Å². The number of hydrogen-bond donors (Lipinski definition) is 1. The molecule has 0 bridgehead atoms. The zero-order valence-electron chi connectivity index (χ0n) is 9.57. The molecule has 0 radical (unpaired) electrons. The molecule has 0 aromatic carbocycles. The van der Waals surface area contributed by atoms with E-state index in [0.717, 1.165) is 12.5 Å². The standard InChI is InChI=1S/C12H17N3O/c1-16-10-4-7-13-11(15-10)14-8-12(5-6-12)9-2-3-9/h4,7,9H,2-3,5-6,8H2,1H3,(H,13,14,15). The zero-order chi connectivity index (χ0) is 11.0. The molecule has 3 rings (SSSR count). The highest BCUT2D eigenvalue weighted by Crippen LogP contribution is 2.61. The molecular weight excluding hydrogens is 202 g/mol. The average Bonchev–Trinajstić information content (AvgIpc) is 3.17. The highest BCUT2D eigenvalue weighted by atomic mass is 16.5. The minimum atomic E-state index is 0.576. The van der Waals surface area contributed by atoms with Crippen LogP contribution >= 0.6 is 0 Å². The van der Waals surface area contributed by atoms with Crippen LogP contribution in [0.4, 0.5) is 5.95 Å². The van der Waals surface area contributed by atoms with Crippen LogP contribution in [0, 0.1) is 11.3 Å². The van der Waals surface area contributed by atoms with E-state index in [2.05, 4.69) is 15.3 Å². The predicted octanol–water partition coefficient (Wildman–Crippen LogP) is 2.09. The molecule has 1 heterocycles. The fourth-order valence-electron chi connectivity index (χ4n) is 2.38. The first-order valence-electron chi connectivity index (χ1n) is 5.93. The first-order valence-corrected chi connectivity index (χ1v) is 5.93. The average molecular weight is 219 g/mol. The van der Waals surface area contributed by atoms with E-state index in [9.17, 15) is 0 Å². The third kappa shape index (κ3) is 1.84. The fraction of sp³-hybridized carbons (Fsp3) is 0.667. The lowest BCUT2D eigenvalue weighted by Crippen LogP contribution is -2.18. The van der Waals surface area contributed by atoms with E-state index < -0.39 is 0 Å². The summed E-state index contributed by atoms with van der Waals surface area (Å²) in [4.78, 5) is 8.45. The van der Waals surface area contributed by atoms with Gasteiger partial charge >= 0.3 is 0 Å². The molecule has 1 aromatic rings. The van der Waals surface area contributed by atoms with Crippen molar-refractivity contribution in [2.24, 2.45) is 11.3 Å². The van der Waals surface area contributed by atoms with Gasteiger partial charge in [0.25, 0.3) is 0 Å². The van der Waals surface area contributed by atoms with Crippen molar-refractivity contribution in [2.45, 2.75) is 25.7 Å². The maximum Gasteiger partial charge on any atom is 0.225 e. The molecule has 2 saturated carbocycles. The molecule has 2 aliphatic carbocycles. The Balaban J connectivity index is 1.61. The molecule has 0 spiro atoms. The van der Waals surface area contributed by atoms with Crippen LogP contribution in [-0.4, -0.2) is 23.6 Å². The van der Waals surface area contributed by atoms with Gasteiger partial charge in [-0.25, -0.2) is 4.98 Å². The number of hydrogen-bond acceptors (Lipinski definition) is 4. The van der Waals surface area contributed by atoms with Crippen LogP contribution in [0.2, 0.25) is 0 Å². The first kappa shape index (κ1) is 9.87. The minimum Gasteiger partial charge on any atom is -0.481 e. The van der Waals surface area contributed by atoms with Crippen molar-refractivity contribution in [3.8, 4) is 5.88 Å². The highest BCUT2D eigenvalue weighted by Gasteiger charge is 2.53. The van der Waals surface area contributed by atoms with E-state index in [4.69, 9.17) is 4.74 Å². The quantitative estimate of drug-likeness (QED) is 0.823. The molecule has 16 heavy (non-hydrogen) atoms. The Kier molecular flexibility index (Phi) is 2.23. The number of methoxy groups -OCH3 is 1. The molecule has 0 amide bonds. The first-order chi connectivity index (χ1) is 7.82.